The van der Waals surface area contributed by atoms with Gasteiger partial charge in [-0.05, 0) is 61.3 Å². The Kier molecular flexibility index (Phi) is 7.68. The van der Waals surface area contributed by atoms with E-state index in [1.807, 2.05) is 92.5 Å². The molecule has 3 rings (SSSR count). The van der Waals surface area contributed by atoms with Crippen LogP contribution in [0.25, 0.3) is 0 Å². The summed E-state index contributed by atoms with van der Waals surface area (Å²) in [5.74, 6) is 1.35. The Morgan fingerprint density at radius 1 is 0.935 bits per heavy atom. The van der Waals surface area contributed by atoms with Gasteiger partial charge in [0.05, 0.1) is 13.7 Å². The van der Waals surface area contributed by atoms with E-state index in [0.29, 0.717) is 31.2 Å². The van der Waals surface area contributed by atoms with Crippen LogP contribution in [0.1, 0.15) is 22.3 Å². The molecule has 5 nitrogen and oxygen atoms in total. The number of amides is 1. The summed E-state index contributed by atoms with van der Waals surface area (Å²) in [6, 6.07) is 21.8. The summed E-state index contributed by atoms with van der Waals surface area (Å²) in [6.07, 6.45) is 0. The minimum absolute atomic E-state index is 0.0361. The lowest BCUT2D eigenvalue weighted by molar-refractivity contribution is -0.117. The number of benzene rings is 3. The average Bonchev–Trinajstić information content (AvgIpc) is 2.76. The van der Waals surface area contributed by atoms with E-state index in [2.05, 4.69) is 5.32 Å². The third kappa shape index (κ3) is 6.33. The van der Waals surface area contributed by atoms with Gasteiger partial charge in [-0.3, -0.25) is 9.69 Å². The summed E-state index contributed by atoms with van der Waals surface area (Å²) in [7, 11) is 3.56. The van der Waals surface area contributed by atoms with E-state index in [0.717, 1.165) is 27.9 Å². The Hall–Kier alpha value is -3.31. The molecular formula is C26H30N2O3. The third-order valence-corrected chi connectivity index (χ3v) is 5.21. The van der Waals surface area contributed by atoms with Gasteiger partial charge < -0.3 is 14.8 Å². The fraction of sp³-hybridized carbons (Fsp3) is 0.269. The molecule has 5 heteroatoms. The molecular weight excluding hydrogens is 388 g/mol. The van der Waals surface area contributed by atoms with E-state index in [1.54, 1.807) is 7.11 Å². The number of hydrogen-bond donors (Lipinski definition) is 1. The number of ether oxygens (including phenoxy) is 2. The molecule has 0 fully saturated rings. The molecule has 0 saturated heterocycles. The van der Waals surface area contributed by atoms with Crippen LogP contribution in [-0.4, -0.2) is 31.5 Å². The second kappa shape index (κ2) is 10.6. The second-order valence-electron chi connectivity index (χ2n) is 7.73. The molecule has 1 N–H and O–H groups in total. The fourth-order valence-corrected chi connectivity index (χ4v) is 3.35. The van der Waals surface area contributed by atoms with Crippen LogP contribution < -0.4 is 14.8 Å². The highest BCUT2D eigenvalue weighted by atomic mass is 16.5. The summed E-state index contributed by atoms with van der Waals surface area (Å²) in [6.45, 7) is 5.45. The average molecular weight is 419 g/mol. The molecule has 31 heavy (non-hydrogen) atoms. The lowest BCUT2D eigenvalue weighted by atomic mass is 10.1. The van der Waals surface area contributed by atoms with Crippen LogP contribution in [0.4, 0.5) is 5.69 Å². The molecule has 162 valence electrons. The first-order valence-corrected chi connectivity index (χ1v) is 10.3. The number of likely N-dealkylation sites (N-methyl/N-ethyl adjacent to an activating group) is 1. The van der Waals surface area contributed by atoms with Crippen molar-refractivity contribution in [1.29, 1.82) is 0 Å². The summed E-state index contributed by atoms with van der Waals surface area (Å²) in [5, 5.41) is 3.01. The zero-order chi connectivity index (χ0) is 22.2. The first-order chi connectivity index (χ1) is 15.0. The van der Waals surface area contributed by atoms with E-state index in [1.165, 1.54) is 0 Å². The SMILES string of the molecule is COc1cc(CN(C)CC(=O)Nc2cccc(C)c2C)ccc1OCc1ccccc1. The van der Waals surface area contributed by atoms with E-state index in [4.69, 9.17) is 9.47 Å². The van der Waals surface area contributed by atoms with E-state index in [-0.39, 0.29) is 5.91 Å². The molecule has 0 heterocycles. The van der Waals surface area contributed by atoms with Crippen molar-refractivity contribution in [3.05, 3.63) is 89.0 Å². The van der Waals surface area contributed by atoms with Gasteiger partial charge in [0, 0.05) is 12.2 Å². The Bertz CT molecular complexity index is 1020. The summed E-state index contributed by atoms with van der Waals surface area (Å²) < 4.78 is 11.4. The maximum absolute atomic E-state index is 12.5. The molecule has 0 bridgehead atoms. The molecule has 0 saturated carbocycles. The highest BCUT2D eigenvalue weighted by Crippen LogP contribution is 2.29. The van der Waals surface area contributed by atoms with Gasteiger partial charge in [0.1, 0.15) is 6.61 Å². The minimum atomic E-state index is -0.0361. The molecule has 3 aromatic carbocycles. The van der Waals surface area contributed by atoms with Crippen LogP contribution in [0, 0.1) is 13.8 Å². The Labute approximate surface area is 184 Å². The van der Waals surface area contributed by atoms with Crippen LogP contribution >= 0.6 is 0 Å². The Morgan fingerprint density at radius 2 is 1.71 bits per heavy atom. The van der Waals surface area contributed by atoms with Crippen LogP contribution in [0.5, 0.6) is 11.5 Å². The largest absolute Gasteiger partial charge is 0.493 e. The number of nitrogens with one attached hydrogen (secondary N) is 1. The van der Waals surface area contributed by atoms with Gasteiger partial charge in [0.15, 0.2) is 11.5 Å². The van der Waals surface area contributed by atoms with Crippen molar-refractivity contribution in [2.45, 2.75) is 27.0 Å². The van der Waals surface area contributed by atoms with Crippen LogP contribution in [-0.2, 0) is 17.9 Å². The smallest absolute Gasteiger partial charge is 0.238 e. The van der Waals surface area contributed by atoms with Crippen molar-refractivity contribution in [1.82, 2.24) is 4.90 Å². The van der Waals surface area contributed by atoms with Crippen molar-refractivity contribution >= 4 is 11.6 Å². The first kappa shape index (κ1) is 22.4. The van der Waals surface area contributed by atoms with Crippen molar-refractivity contribution in [2.75, 3.05) is 26.0 Å². The zero-order valence-electron chi connectivity index (χ0n) is 18.6. The summed E-state index contributed by atoms with van der Waals surface area (Å²) >= 11 is 0. The van der Waals surface area contributed by atoms with E-state index >= 15 is 0 Å². The maximum atomic E-state index is 12.5. The second-order valence-corrected chi connectivity index (χ2v) is 7.73. The molecule has 0 radical (unpaired) electrons. The summed E-state index contributed by atoms with van der Waals surface area (Å²) in [5.41, 5.74) is 5.26. The van der Waals surface area contributed by atoms with Gasteiger partial charge in [-0.25, -0.2) is 0 Å². The summed E-state index contributed by atoms with van der Waals surface area (Å²) in [4.78, 5) is 14.4. The van der Waals surface area contributed by atoms with Gasteiger partial charge in [-0.2, -0.15) is 0 Å². The molecule has 0 aliphatic heterocycles. The molecule has 0 unspecified atom stereocenters. The van der Waals surface area contributed by atoms with Crippen molar-refractivity contribution < 1.29 is 14.3 Å². The quantitative estimate of drug-likeness (QED) is 0.534. The molecule has 3 aromatic rings. The van der Waals surface area contributed by atoms with Crippen molar-refractivity contribution in [2.24, 2.45) is 0 Å². The van der Waals surface area contributed by atoms with Crippen LogP contribution in [0.3, 0.4) is 0 Å². The standard InChI is InChI=1S/C26H30N2O3/c1-19-9-8-12-23(20(19)2)27-26(29)17-28(3)16-22-13-14-24(25(15-22)30-4)31-18-21-10-6-5-7-11-21/h5-15H,16-18H2,1-4H3,(H,27,29). The van der Waals surface area contributed by atoms with Gasteiger partial charge in [-0.1, -0.05) is 48.5 Å². The molecule has 1 amide bonds. The van der Waals surface area contributed by atoms with Crippen molar-refractivity contribution in [3.63, 3.8) is 0 Å². The number of carbonyl (C=O) groups excluding carboxylic acids is 1. The number of nitrogens with zero attached hydrogens (tertiary/aromatic N) is 1. The van der Waals surface area contributed by atoms with Crippen LogP contribution in [0.15, 0.2) is 66.7 Å². The highest BCUT2D eigenvalue weighted by molar-refractivity contribution is 5.93. The predicted octanol–water partition coefficient (Wildman–Crippen LogP) is 4.96. The first-order valence-electron chi connectivity index (χ1n) is 10.3. The topological polar surface area (TPSA) is 50.8 Å². The normalized spacial score (nSPS) is 10.7. The number of rotatable bonds is 9. The number of aryl methyl sites for hydroxylation is 1. The van der Waals surface area contributed by atoms with E-state index in [9.17, 15) is 4.79 Å². The number of hydrogen-bond acceptors (Lipinski definition) is 4. The molecule has 0 aliphatic carbocycles. The zero-order valence-corrected chi connectivity index (χ0v) is 18.6. The fourth-order valence-electron chi connectivity index (χ4n) is 3.35. The van der Waals surface area contributed by atoms with E-state index < -0.39 is 0 Å². The third-order valence-electron chi connectivity index (χ3n) is 5.21. The van der Waals surface area contributed by atoms with Gasteiger partial charge >= 0.3 is 0 Å². The molecule has 0 aromatic heterocycles. The van der Waals surface area contributed by atoms with Crippen molar-refractivity contribution in [3.8, 4) is 11.5 Å². The Balaban J connectivity index is 1.57. The van der Waals surface area contributed by atoms with Gasteiger partial charge in [-0.15, -0.1) is 0 Å². The highest BCUT2D eigenvalue weighted by Gasteiger charge is 2.12. The Morgan fingerprint density at radius 3 is 2.45 bits per heavy atom. The number of methoxy groups -OCH3 is 1. The van der Waals surface area contributed by atoms with Gasteiger partial charge in [0.25, 0.3) is 0 Å². The van der Waals surface area contributed by atoms with Crippen LogP contribution in [0.2, 0.25) is 0 Å². The maximum Gasteiger partial charge on any atom is 0.238 e. The minimum Gasteiger partial charge on any atom is -0.493 e. The number of carbonyl (C=O) groups is 1. The molecule has 0 aliphatic rings. The monoisotopic (exact) mass is 418 g/mol. The predicted molar refractivity (Wildman–Crippen MR) is 125 cm³/mol. The lowest BCUT2D eigenvalue weighted by Gasteiger charge is -2.18. The van der Waals surface area contributed by atoms with Gasteiger partial charge in [0.2, 0.25) is 5.91 Å². The molecule has 0 atom stereocenters. The number of anilines is 1. The molecule has 0 spiro atoms. The lowest BCUT2D eigenvalue weighted by Crippen LogP contribution is -2.30.